The second-order valence-electron chi connectivity index (χ2n) is 5.97. The van der Waals surface area contributed by atoms with Crippen LogP contribution in [-0.2, 0) is 4.79 Å². The highest BCUT2D eigenvalue weighted by Gasteiger charge is 2.40. The zero-order chi connectivity index (χ0) is 18.2. The quantitative estimate of drug-likeness (QED) is 0.582. The molecule has 0 atom stereocenters. The maximum atomic E-state index is 13.4. The fourth-order valence-corrected chi connectivity index (χ4v) is 2.28. The SMILES string of the molecule is CCCCN(CCCC)C(=O)/C(=C/c1ccc(C)cc1)C(F)(F)F. The first-order chi connectivity index (χ1) is 11.3. The standard InChI is InChI=1S/C19H26F3NO/c1-4-6-12-23(13-7-5-2)18(24)17(19(20,21)22)14-16-10-8-15(3)9-11-16/h8-11,14H,4-7,12-13H2,1-3H3/b17-14-. The largest absolute Gasteiger partial charge is 0.421 e. The molecule has 1 aromatic carbocycles. The van der Waals surface area contributed by atoms with Gasteiger partial charge in [0.2, 0.25) is 0 Å². The number of nitrogens with zero attached hydrogens (tertiary/aromatic N) is 1. The third-order valence-electron chi connectivity index (χ3n) is 3.77. The molecule has 0 heterocycles. The minimum absolute atomic E-state index is 0.358. The molecule has 0 aliphatic heterocycles. The van der Waals surface area contributed by atoms with E-state index >= 15 is 0 Å². The van der Waals surface area contributed by atoms with Crippen LogP contribution >= 0.6 is 0 Å². The summed E-state index contributed by atoms with van der Waals surface area (Å²) >= 11 is 0. The van der Waals surface area contributed by atoms with Gasteiger partial charge in [-0.25, -0.2) is 0 Å². The first-order valence-corrected chi connectivity index (χ1v) is 8.44. The first-order valence-electron chi connectivity index (χ1n) is 8.44. The van der Waals surface area contributed by atoms with E-state index in [0.717, 1.165) is 24.5 Å². The molecular weight excluding hydrogens is 315 g/mol. The number of hydrogen-bond acceptors (Lipinski definition) is 1. The molecule has 0 spiro atoms. The van der Waals surface area contributed by atoms with Crippen LogP contribution in [0.25, 0.3) is 6.08 Å². The summed E-state index contributed by atoms with van der Waals surface area (Å²) in [5.41, 5.74) is 0.241. The molecule has 0 radical (unpaired) electrons. The van der Waals surface area contributed by atoms with E-state index in [1.807, 2.05) is 20.8 Å². The van der Waals surface area contributed by atoms with Gasteiger partial charge in [-0.3, -0.25) is 4.79 Å². The second-order valence-corrected chi connectivity index (χ2v) is 5.97. The molecule has 0 bridgehead atoms. The third-order valence-corrected chi connectivity index (χ3v) is 3.77. The Labute approximate surface area is 142 Å². The highest BCUT2D eigenvalue weighted by atomic mass is 19.4. The summed E-state index contributed by atoms with van der Waals surface area (Å²) in [7, 11) is 0. The van der Waals surface area contributed by atoms with Gasteiger partial charge in [0.1, 0.15) is 5.57 Å². The normalized spacial score (nSPS) is 12.3. The summed E-state index contributed by atoms with van der Waals surface area (Å²) in [5.74, 6) is -0.926. The lowest BCUT2D eigenvalue weighted by Crippen LogP contribution is -2.37. The Bertz CT molecular complexity index is 539. The number of unbranched alkanes of at least 4 members (excludes halogenated alkanes) is 2. The zero-order valence-electron chi connectivity index (χ0n) is 14.6. The number of halogens is 3. The maximum absolute atomic E-state index is 13.4. The number of hydrogen-bond donors (Lipinski definition) is 0. The number of carbonyl (C=O) groups excluding carboxylic acids is 1. The Hall–Kier alpha value is -1.78. The maximum Gasteiger partial charge on any atom is 0.421 e. The molecule has 0 N–H and O–H groups in total. The van der Waals surface area contributed by atoms with Gasteiger partial charge in [0.25, 0.3) is 5.91 Å². The molecule has 0 aliphatic rings. The summed E-state index contributed by atoms with van der Waals surface area (Å²) in [6, 6.07) is 6.65. The van der Waals surface area contributed by atoms with Crippen LogP contribution in [0.4, 0.5) is 13.2 Å². The van der Waals surface area contributed by atoms with E-state index in [4.69, 9.17) is 0 Å². The van der Waals surface area contributed by atoms with Crippen LogP contribution in [0.1, 0.15) is 50.7 Å². The van der Waals surface area contributed by atoms with Gasteiger partial charge in [-0.05, 0) is 31.4 Å². The molecule has 1 aromatic rings. The van der Waals surface area contributed by atoms with E-state index in [1.165, 1.54) is 4.90 Å². The number of benzene rings is 1. The number of alkyl halides is 3. The van der Waals surface area contributed by atoms with Crippen LogP contribution < -0.4 is 0 Å². The van der Waals surface area contributed by atoms with E-state index < -0.39 is 17.7 Å². The molecule has 0 saturated carbocycles. The van der Waals surface area contributed by atoms with Crippen LogP contribution in [0.3, 0.4) is 0 Å². The topological polar surface area (TPSA) is 20.3 Å². The van der Waals surface area contributed by atoms with E-state index in [1.54, 1.807) is 24.3 Å². The molecule has 0 aliphatic carbocycles. The second kappa shape index (κ2) is 9.50. The van der Waals surface area contributed by atoms with E-state index in [0.29, 0.717) is 31.5 Å². The van der Waals surface area contributed by atoms with Gasteiger partial charge in [-0.15, -0.1) is 0 Å². The molecule has 134 valence electrons. The van der Waals surface area contributed by atoms with Gasteiger partial charge in [0.15, 0.2) is 0 Å². The predicted molar refractivity (Wildman–Crippen MR) is 91.6 cm³/mol. The Balaban J connectivity index is 3.12. The summed E-state index contributed by atoms with van der Waals surface area (Å²) in [6.45, 7) is 6.48. The predicted octanol–water partition coefficient (Wildman–Crippen LogP) is 5.37. The Morgan fingerprint density at radius 2 is 1.54 bits per heavy atom. The van der Waals surface area contributed by atoms with Crippen molar-refractivity contribution in [2.45, 2.75) is 52.6 Å². The molecule has 2 nitrogen and oxygen atoms in total. The Kier molecular flexibility index (Phi) is 8.02. The molecule has 0 fully saturated rings. The number of aryl methyl sites for hydroxylation is 1. The van der Waals surface area contributed by atoms with Crippen molar-refractivity contribution in [1.82, 2.24) is 4.90 Å². The Morgan fingerprint density at radius 1 is 1.04 bits per heavy atom. The lowest BCUT2D eigenvalue weighted by molar-refractivity contribution is -0.139. The third kappa shape index (κ3) is 6.38. The molecule has 0 aromatic heterocycles. The van der Waals surface area contributed by atoms with Crippen molar-refractivity contribution in [2.24, 2.45) is 0 Å². The lowest BCUT2D eigenvalue weighted by Gasteiger charge is -2.24. The lowest BCUT2D eigenvalue weighted by atomic mass is 10.1. The average Bonchev–Trinajstić information content (AvgIpc) is 2.53. The summed E-state index contributed by atoms with van der Waals surface area (Å²) in [4.78, 5) is 13.8. The zero-order valence-corrected chi connectivity index (χ0v) is 14.6. The molecule has 1 amide bonds. The van der Waals surface area contributed by atoms with Crippen molar-refractivity contribution in [3.8, 4) is 0 Å². The van der Waals surface area contributed by atoms with E-state index in [9.17, 15) is 18.0 Å². The Morgan fingerprint density at radius 3 is 1.96 bits per heavy atom. The van der Waals surface area contributed by atoms with Crippen molar-refractivity contribution in [1.29, 1.82) is 0 Å². The van der Waals surface area contributed by atoms with Crippen LogP contribution in [0.5, 0.6) is 0 Å². The van der Waals surface area contributed by atoms with Crippen LogP contribution in [0.15, 0.2) is 29.8 Å². The highest BCUT2D eigenvalue weighted by Crippen LogP contribution is 2.29. The van der Waals surface area contributed by atoms with Crippen molar-refractivity contribution in [2.75, 3.05) is 13.1 Å². The molecular formula is C19H26F3NO. The highest BCUT2D eigenvalue weighted by molar-refractivity contribution is 5.99. The van der Waals surface area contributed by atoms with Gasteiger partial charge < -0.3 is 4.90 Å². The van der Waals surface area contributed by atoms with E-state index in [-0.39, 0.29) is 0 Å². The van der Waals surface area contributed by atoms with Gasteiger partial charge in [0, 0.05) is 13.1 Å². The fourth-order valence-electron chi connectivity index (χ4n) is 2.28. The minimum atomic E-state index is -4.67. The number of carbonyl (C=O) groups is 1. The first kappa shape index (κ1) is 20.3. The summed E-state index contributed by atoms with van der Waals surface area (Å²) in [6.07, 6.45) is -0.653. The minimum Gasteiger partial charge on any atom is -0.339 e. The molecule has 0 unspecified atom stereocenters. The van der Waals surface area contributed by atoms with Gasteiger partial charge >= 0.3 is 6.18 Å². The summed E-state index contributed by atoms with van der Waals surface area (Å²) < 4.78 is 40.3. The monoisotopic (exact) mass is 341 g/mol. The van der Waals surface area contributed by atoms with Gasteiger partial charge in [0.05, 0.1) is 0 Å². The molecule has 0 saturated heterocycles. The van der Waals surface area contributed by atoms with Crippen LogP contribution in [-0.4, -0.2) is 30.1 Å². The van der Waals surface area contributed by atoms with E-state index in [2.05, 4.69) is 0 Å². The van der Waals surface area contributed by atoms with Crippen molar-refractivity contribution < 1.29 is 18.0 Å². The van der Waals surface area contributed by atoms with Crippen LogP contribution in [0, 0.1) is 6.92 Å². The summed E-state index contributed by atoms with van der Waals surface area (Å²) in [5, 5.41) is 0. The smallest absolute Gasteiger partial charge is 0.339 e. The van der Waals surface area contributed by atoms with Crippen LogP contribution in [0.2, 0.25) is 0 Å². The molecule has 5 heteroatoms. The average molecular weight is 341 g/mol. The number of rotatable bonds is 8. The van der Waals surface area contributed by atoms with Gasteiger partial charge in [-0.2, -0.15) is 13.2 Å². The van der Waals surface area contributed by atoms with Crippen molar-refractivity contribution in [3.63, 3.8) is 0 Å². The molecule has 1 rings (SSSR count). The van der Waals surface area contributed by atoms with Crippen molar-refractivity contribution >= 4 is 12.0 Å². The van der Waals surface area contributed by atoms with Gasteiger partial charge in [-0.1, -0.05) is 56.5 Å². The fraction of sp³-hybridized carbons (Fsp3) is 0.526. The number of amides is 1. The van der Waals surface area contributed by atoms with Crippen molar-refractivity contribution in [3.05, 3.63) is 41.0 Å². The molecule has 24 heavy (non-hydrogen) atoms.